The molecule has 27 heavy (non-hydrogen) atoms. The first-order valence-electron chi connectivity index (χ1n) is 9.27. The Bertz CT molecular complexity index is 854. The number of carbonyl (C=O) groups excluding carboxylic acids is 1. The molecule has 0 unspecified atom stereocenters. The van der Waals surface area contributed by atoms with Crippen LogP contribution in [0.4, 0.5) is 14.9 Å². The number of halogens is 1. The van der Waals surface area contributed by atoms with Crippen molar-refractivity contribution in [2.45, 2.75) is 46.6 Å². The summed E-state index contributed by atoms with van der Waals surface area (Å²) >= 11 is 0. The van der Waals surface area contributed by atoms with Crippen LogP contribution in [-0.2, 0) is 11.2 Å². The lowest BCUT2D eigenvalue weighted by Gasteiger charge is -2.37. The van der Waals surface area contributed by atoms with Crippen molar-refractivity contribution in [2.75, 3.05) is 31.1 Å². The molecule has 6 heteroatoms. The summed E-state index contributed by atoms with van der Waals surface area (Å²) in [5, 5.41) is 9.38. The molecule has 0 spiro atoms. The Morgan fingerprint density at radius 3 is 2.41 bits per heavy atom. The topological polar surface area (TPSA) is 56.6 Å². The number of nitrogens with zero attached hydrogens (tertiary/aromatic N) is 3. The van der Waals surface area contributed by atoms with Crippen LogP contribution in [0.1, 0.15) is 51.3 Å². The summed E-state index contributed by atoms with van der Waals surface area (Å²) in [6.45, 7) is 11.5. The normalized spacial score (nSPS) is 17.1. The fourth-order valence-electron chi connectivity index (χ4n) is 3.73. The van der Waals surface area contributed by atoms with Gasteiger partial charge in [0.1, 0.15) is 11.4 Å². The van der Waals surface area contributed by atoms with Crippen LogP contribution in [0.3, 0.4) is 0 Å². The number of allylic oxidation sites excluding steroid dienone is 2. The van der Waals surface area contributed by atoms with Crippen molar-refractivity contribution in [3.05, 3.63) is 34.1 Å². The van der Waals surface area contributed by atoms with Crippen LogP contribution < -0.4 is 4.90 Å². The molecule has 1 fully saturated rings. The smallest absolute Gasteiger partial charge is 0.410 e. The molecule has 0 N–H and O–H groups in total. The van der Waals surface area contributed by atoms with Gasteiger partial charge >= 0.3 is 6.09 Å². The Labute approximate surface area is 160 Å². The van der Waals surface area contributed by atoms with Crippen LogP contribution in [-0.4, -0.2) is 42.8 Å². The SMILES string of the molecule is CC1=C(C)c2c(c(C#N)cc(F)c2N2CCN(C(=O)OC(C)(C)C)CC2)C1. The molecule has 0 radical (unpaired) electrons. The maximum Gasteiger partial charge on any atom is 0.410 e. The maximum absolute atomic E-state index is 14.9. The van der Waals surface area contributed by atoms with Crippen LogP contribution in [0.15, 0.2) is 11.6 Å². The number of ether oxygens (including phenoxy) is 1. The number of fused-ring (bicyclic) bond motifs is 1. The first-order chi connectivity index (χ1) is 12.6. The van der Waals surface area contributed by atoms with E-state index in [9.17, 15) is 14.4 Å². The van der Waals surface area contributed by atoms with E-state index in [1.165, 1.54) is 11.6 Å². The number of benzene rings is 1. The van der Waals surface area contributed by atoms with Gasteiger partial charge in [0.2, 0.25) is 0 Å². The standard InChI is InChI=1S/C21H26FN3O2/c1-13-10-16-15(12-23)11-17(22)19(18(16)14(13)2)24-6-8-25(9-7-24)20(26)27-21(3,4)5/h11H,6-10H2,1-5H3. The van der Waals surface area contributed by atoms with Crippen molar-refractivity contribution in [2.24, 2.45) is 0 Å². The Balaban J connectivity index is 1.85. The van der Waals surface area contributed by atoms with Crippen molar-refractivity contribution >= 4 is 17.4 Å². The monoisotopic (exact) mass is 371 g/mol. The Morgan fingerprint density at radius 2 is 1.85 bits per heavy atom. The van der Waals surface area contributed by atoms with Crippen LogP contribution in [0.5, 0.6) is 0 Å². The molecule has 0 saturated carbocycles. The minimum Gasteiger partial charge on any atom is -0.444 e. The van der Waals surface area contributed by atoms with Gasteiger partial charge in [0, 0.05) is 31.7 Å². The fourth-order valence-corrected chi connectivity index (χ4v) is 3.73. The van der Waals surface area contributed by atoms with Crippen molar-refractivity contribution in [1.29, 1.82) is 5.26 Å². The molecular formula is C21H26FN3O2. The Kier molecular flexibility index (Phi) is 4.90. The zero-order valence-corrected chi connectivity index (χ0v) is 16.6. The average molecular weight is 371 g/mol. The van der Waals surface area contributed by atoms with Crippen molar-refractivity contribution < 1.29 is 13.9 Å². The summed E-state index contributed by atoms with van der Waals surface area (Å²) in [7, 11) is 0. The van der Waals surface area contributed by atoms with E-state index >= 15 is 0 Å². The number of carbonyl (C=O) groups is 1. The zero-order valence-electron chi connectivity index (χ0n) is 16.6. The number of anilines is 1. The second kappa shape index (κ2) is 6.88. The van der Waals surface area contributed by atoms with Gasteiger partial charge in [0.15, 0.2) is 0 Å². The molecule has 1 amide bonds. The lowest BCUT2D eigenvalue weighted by atomic mass is 9.97. The average Bonchev–Trinajstić information content (AvgIpc) is 2.88. The number of hydrogen-bond donors (Lipinski definition) is 0. The quantitative estimate of drug-likeness (QED) is 0.746. The van der Waals surface area contributed by atoms with Gasteiger partial charge in [-0.15, -0.1) is 0 Å². The van der Waals surface area contributed by atoms with E-state index in [2.05, 4.69) is 6.07 Å². The molecular weight excluding hydrogens is 345 g/mol. The third-order valence-corrected chi connectivity index (χ3v) is 5.19. The Hall–Kier alpha value is -2.55. The summed E-state index contributed by atoms with van der Waals surface area (Å²) in [4.78, 5) is 15.9. The Morgan fingerprint density at radius 1 is 1.22 bits per heavy atom. The van der Waals surface area contributed by atoms with Crippen LogP contribution in [0.25, 0.3) is 5.57 Å². The highest BCUT2D eigenvalue weighted by atomic mass is 19.1. The number of piperazine rings is 1. The van der Waals surface area contributed by atoms with Gasteiger partial charge in [-0.3, -0.25) is 0 Å². The zero-order chi connectivity index (χ0) is 19.9. The first kappa shape index (κ1) is 19.2. The predicted octanol–water partition coefficient (Wildman–Crippen LogP) is 4.10. The van der Waals surface area contributed by atoms with Gasteiger partial charge in [-0.1, -0.05) is 5.57 Å². The number of rotatable bonds is 1. The van der Waals surface area contributed by atoms with E-state index in [0.717, 1.165) is 16.7 Å². The third kappa shape index (κ3) is 3.64. The molecule has 1 aliphatic carbocycles. The second-order valence-corrected chi connectivity index (χ2v) is 8.26. The molecule has 2 aliphatic rings. The number of nitriles is 1. The maximum atomic E-state index is 14.9. The molecule has 1 saturated heterocycles. The minimum absolute atomic E-state index is 0.334. The predicted molar refractivity (Wildman–Crippen MR) is 103 cm³/mol. The highest BCUT2D eigenvalue weighted by Crippen LogP contribution is 2.42. The number of hydrogen-bond acceptors (Lipinski definition) is 4. The van der Waals surface area contributed by atoms with E-state index in [-0.39, 0.29) is 11.9 Å². The summed E-state index contributed by atoms with van der Waals surface area (Å²) in [5.41, 5.74) is 4.42. The van der Waals surface area contributed by atoms with Crippen LogP contribution in [0.2, 0.25) is 0 Å². The van der Waals surface area contributed by atoms with Gasteiger partial charge in [-0.05, 0) is 58.2 Å². The van der Waals surface area contributed by atoms with E-state index in [1.54, 1.807) is 4.90 Å². The van der Waals surface area contributed by atoms with Crippen molar-refractivity contribution in [3.8, 4) is 6.07 Å². The summed E-state index contributed by atoms with van der Waals surface area (Å²) < 4.78 is 20.4. The van der Waals surface area contributed by atoms with Crippen LogP contribution >= 0.6 is 0 Å². The van der Waals surface area contributed by atoms with E-state index in [4.69, 9.17) is 4.74 Å². The summed E-state index contributed by atoms with van der Waals surface area (Å²) in [6.07, 6.45) is 0.356. The third-order valence-electron chi connectivity index (χ3n) is 5.19. The molecule has 1 aliphatic heterocycles. The largest absolute Gasteiger partial charge is 0.444 e. The van der Waals surface area contributed by atoms with Gasteiger partial charge in [0.05, 0.1) is 17.3 Å². The fraction of sp³-hybridized carbons (Fsp3) is 0.524. The number of amides is 1. The van der Waals surface area contributed by atoms with E-state index < -0.39 is 5.60 Å². The van der Waals surface area contributed by atoms with Crippen molar-refractivity contribution in [1.82, 2.24) is 4.90 Å². The van der Waals surface area contributed by atoms with E-state index in [0.29, 0.717) is 43.9 Å². The highest BCUT2D eigenvalue weighted by Gasteiger charge is 2.31. The van der Waals surface area contributed by atoms with Crippen molar-refractivity contribution in [3.63, 3.8) is 0 Å². The molecule has 0 atom stereocenters. The van der Waals surface area contributed by atoms with Gasteiger partial charge in [-0.25, -0.2) is 9.18 Å². The minimum atomic E-state index is -0.534. The molecule has 5 nitrogen and oxygen atoms in total. The van der Waals surface area contributed by atoms with Crippen LogP contribution in [0, 0.1) is 17.1 Å². The second-order valence-electron chi connectivity index (χ2n) is 8.26. The summed E-state index contributed by atoms with van der Waals surface area (Å²) in [6, 6.07) is 3.48. The molecule has 0 bridgehead atoms. The molecule has 1 heterocycles. The van der Waals surface area contributed by atoms with Gasteiger partial charge in [-0.2, -0.15) is 5.26 Å². The molecule has 1 aromatic rings. The molecule has 0 aromatic heterocycles. The lowest BCUT2D eigenvalue weighted by Crippen LogP contribution is -2.50. The summed E-state index contributed by atoms with van der Waals surface area (Å²) in [5.74, 6) is -0.370. The highest BCUT2D eigenvalue weighted by molar-refractivity contribution is 5.86. The van der Waals surface area contributed by atoms with E-state index in [1.807, 2.05) is 39.5 Å². The molecule has 1 aromatic carbocycles. The lowest BCUT2D eigenvalue weighted by molar-refractivity contribution is 0.0240. The van der Waals surface area contributed by atoms with Gasteiger partial charge in [0.25, 0.3) is 0 Å². The first-order valence-corrected chi connectivity index (χ1v) is 9.27. The molecule has 144 valence electrons. The van der Waals surface area contributed by atoms with Gasteiger partial charge < -0.3 is 14.5 Å². The molecule has 3 rings (SSSR count).